The predicted octanol–water partition coefficient (Wildman–Crippen LogP) is 2.71. The first-order chi connectivity index (χ1) is 11.3. The molecule has 1 aliphatic heterocycles. The molecule has 2 atom stereocenters. The van der Waals surface area contributed by atoms with Crippen molar-refractivity contribution in [3.05, 3.63) is 29.8 Å². The van der Waals surface area contributed by atoms with Crippen molar-refractivity contribution in [2.45, 2.75) is 25.1 Å². The molecular formula is C16H21F3N2O3. The van der Waals surface area contributed by atoms with Crippen molar-refractivity contribution in [2.75, 3.05) is 26.8 Å². The van der Waals surface area contributed by atoms with Gasteiger partial charge in [-0.25, -0.2) is 4.79 Å². The van der Waals surface area contributed by atoms with Crippen LogP contribution in [-0.2, 0) is 0 Å². The second kappa shape index (κ2) is 7.74. The van der Waals surface area contributed by atoms with Crippen LogP contribution in [0.15, 0.2) is 24.3 Å². The fourth-order valence-corrected chi connectivity index (χ4v) is 2.76. The molecule has 1 fully saturated rings. The van der Waals surface area contributed by atoms with Crippen LogP contribution in [0.4, 0.5) is 18.0 Å². The Balaban J connectivity index is 2.12. The summed E-state index contributed by atoms with van der Waals surface area (Å²) in [5, 5.41) is 11.2. The van der Waals surface area contributed by atoms with Crippen LogP contribution in [-0.4, -0.2) is 49.0 Å². The molecule has 2 rings (SSSR count). The largest absolute Gasteiger partial charge is 0.497 e. The van der Waals surface area contributed by atoms with Gasteiger partial charge in [0.15, 0.2) is 6.04 Å². The van der Waals surface area contributed by atoms with Gasteiger partial charge in [0.2, 0.25) is 0 Å². The Kier molecular flexibility index (Phi) is 5.93. The minimum atomic E-state index is -4.61. The number of nitrogens with zero attached hydrogens (tertiary/aromatic N) is 1. The Morgan fingerprint density at radius 2 is 2.08 bits per heavy atom. The SMILES string of the molecule is COc1ccc(C(NC(=O)N2CCCC(CO)C2)C(F)(F)F)cc1. The van der Waals surface area contributed by atoms with E-state index in [1.165, 1.54) is 36.3 Å². The Bertz CT molecular complexity index is 548. The molecule has 24 heavy (non-hydrogen) atoms. The number of carbonyl (C=O) groups is 1. The topological polar surface area (TPSA) is 61.8 Å². The average Bonchev–Trinajstić information content (AvgIpc) is 2.58. The van der Waals surface area contributed by atoms with Crippen molar-refractivity contribution in [1.82, 2.24) is 10.2 Å². The molecule has 2 N–H and O–H groups in total. The summed E-state index contributed by atoms with van der Waals surface area (Å²) in [6.07, 6.45) is -3.18. The molecule has 0 bridgehead atoms. The number of aliphatic hydroxyl groups excluding tert-OH is 1. The first-order valence-electron chi connectivity index (χ1n) is 7.72. The first-order valence-corrected chi connectivity index (χ1v) is 7.72. The highest BCUT2D eigenvalue weighted by Crippen LogP contribution is 2.33. The van der Waals surface area contributed by atoms with Crippen molar-refractivity contribution < 1.29 is 27.8 Å². The van der Waals surface area contributed by atoms with Crippen molar-refractivity contribution >= 4 is 6.03 Å². The van der Waals surface area contributed by atoms with E-state index in [2.05, 4.69) is 5.32 Å². The molecule has 1 aliphatic rings. The Morgan fingerprint density at radius 1 is 1.42 bits per heavy atom. The van der Waals surface area contributed by atoms with Crippen LogP contribution in [0.1, 0.15) is 24.4 Å². The highest BCUT2D eigenvalue weighted by molar-refractivity contribution is 5.75. The molecule has 8 heteroatoms. The lowest BCUT2D eigenvalue weighted by atomic mass is 9.99. The summed E-state index contributed by atoms with van der Waals surface area (Å²) in [6, 6.07) is 2.54. The molecule has 0 aromatic heterocycles. The summed E-state index contributed by atoms with van der Waals surface area (Å²) < 4.78 is 45.0. The molecule has 0 saturated carbocycles. The second-order valence-electron chi connectivity index (χ2n) is 5.83. The third kappa shape index (κ3) is 4.53. The minimum Gasteiger partial charge on any atom is -0.497 e. The van der Waals surface area contributed by atoms with Crippen LogP contribution in [0.3, 0.4) is 0 Å². The average molecular weight is 346 g/mol. The summed E-state index contributed by atoms with van der Waals surface area (Å²) in [6.45, 7) is 0.565. The maximum atomic E-state index is 13.4. The van der Waals surface area contributed by atoms with Crippen LogP contribution in [0, 0.1) is 5.92 Å². The van der Waals surface area contributed by atoms with Gasteiger partial charge < -0.3 is 20.1 Å². The van der Waals surface area contributed by atoms with Crippen molar-refractivity contribution in [1.29, 1.82) is 0 Å². The van der Waals surface area contributed by atoms with Gasteiger partial charge in [-0.3, -0.25) is 0 Å². The number of rotatable bonds is 4. The van der Waals surface area contributed by atoms with Gasteiger partial charge in [-0.2, -0.15) is 13.2 Å². The van der Waals surface area contributed by atoms with Gasteiger partial charge in [0, 0.05) is 19.7 Å². The van der Waals surface area contributed by atoms with Gasteiger partial charge >= 0.3 is 12.2 Å². The Morgan fingerprint density at radius 3 is 2.62 bits per heavy atom. The lowest BCUT2D eigenvalue weighted by Crippen LogP contribution is -2.49. The van der Waals surface area contributed by atoms with E-state index in [0.29, 0.717) is 18.7 Å². The Labute approximate surface area is 138 Å². The standard InChI is InChI=1S/C16H21F3N2O3/c1-24-13-6-4-12(5-7-13)14(16(17,18)19)20-15(23)21-8-2-3-11(9-21)10-22/h4-7,11,14,22H,2-3,8-10H2,1H3,(H,20,23). The number of amides is 2. The maximum absolute atomic E-state index is 13.4. The lowest BCUT2D eigenvalue weighted by molar-refractivity contribution is -0.155. The fraction of sp³-hybridized carbons (Fsp3) is 0.562. The highest BCUT2D eigenvalue weighted by Gasteiger charge is 2.42. The van der Waals surface area contributed by atoms with Gasteiger partial charge in [-0.05, 0) is 36.5 Å². The van der Waals surface area contributed by atoms with Gasteiger partial charge in [-0.15, -0.1) is 0 Å². The number of methoxy groups -OCH3 is 1. The lowest BCUT2D eigenvalue weighted by Gasteiger charge is -2.33. The molecule has 1 aromatic rings. The van der Waals surface area contributed by atoms with Gasteiger partial charge in [0.05, 0.1) is 7.11 Å². The van der Waals surface area contributed by atoms with Crippen molar-refractivity contribution in [2.24, 2.45) is 5.92 Å². The molecule has 0 spiro atoms. The van der Waals surface area contributed by atoms with E-state index in [9.17, 15) is 23.1 Å². The Hall–Kier alpha value is -1.96. The number of nitrogens with one attached hydrogen (secondary N) is 1. The molecule has 0 radical (unpaired) electrons. The van der Waals surface area contributed by atoms with Crippen LogP contribution in [0.25, 0.3) is 0 Å². The molecule has 2 unspecified atom stereocenters. The molecular weight excluding hydrogens is 325 g/mol. The van der Waals surface area contributed by atoms with Crippen molar-refractivity contribution in [3.8, 4) is 5.75 Å². The number of alkyl halides is 3. The minimum absolute atomic E-state index is 0.0626. The number of ether oxygens (including phenoxy) is 1. The van der Waals surface area contributed by atoms with Gasteiger partial charge in [-0.1, -0.05) is 12.1 Å². The molecule has 1 saturated heterocycles. The number of likely N-dealkylation sites (tertiary alicyclic amines) is 1. The number of urea groups is 1. The monoisotopic (exact) mass is 346 g/mol. The van der Waals surface area contributed by atoms with E-state index in [1.54, 1.807) is 0 Å². The normalized spacial score (nSPS) is 19.7. The third-order valence-corrected chi connectivity index (χ3v) is 4.11. The van der Waals surface area contributed by atoms with Gasteiger partial charge in [0.25, 0.3) is 0 Å². The van der Waals surface area contributed by atoms with Crippen LogP contribution < -0.4 is 10.1 Å². The number of benzene rings is 1. The van der Waals surface area contributed by atoms with Crippen LogP contribution in [0.2, 0.25) is 0 Å². The molecule has 1 heterocycles. The maximum Gasteiger partial charge on any atom is 0.412 e. The van der Waals surface area contributed by atoms with Crippen molar-refractivity contribution in [3.63, 3.8) is 0 Å². The van der Waals surface area contributed by atoms with E-state index in [1.807, 2.05) is 0 Å². The first kappa shape index (κ1) is 18.4. The number of hydrogen-bond donors (Lipinski definition) is 2. The summed E-state index contributed by atoms with van der Waals surface area (Å²) in [5.41, 5.74) is -0.0626. The predicted molar refractivity (Wildman–Crippen MR) is 81.7 cm³/mol. The number of halogens is 3. The molecule has 1 aromatic carbocycles. The number of hydrogen-bond acceptors (Lipinski definition) is 3. The van der Waals surface area contributed by atoms with E-state index in [4.69, 9.17) is 4.74 Å². The molecule has 2 amide bonds. The zero-order valence-corrected chi connectivity index (χ0v) is 13.3. The summed E-state index contributed by atoms with van der Waals surface area (Å²) >= 11 is 0. The van der Waals surface area contributed by atoms with Crippen LogP contribution in [0.5, 0.6) is 5.75 Å². The van der Waals surface area contributed by atoms with E-state index < -0.39 is 18.2 Å². The second-order valence-corrected chi connectivity index (χ2v) is 5.83. The number of piperidine rings is 1. The van der Waals surface area contributed by atoms with Gasteiger partial charge in [0.1, 0.15) is 5.75 Å². The quantitative estimate of drug-likeness (QED) is 0.881. The van der Waals surface area contributed by atoms with Crippen LogP contribution >= 0.6 is 0 Å². The number of carbonyl (C=O) groups excluding carboxylic acids is 1. The summed E-state index contributed by atoms with van der Waals surface area (Å²) in [4.78, 5) is 13.5. The van der Waals surface area contributed by atoms with E-state index in [-0.39, 0.29) is 24.6 Å². The summed E-state index contributed by atoms with van der Waals surface area (Å²) in [5.74, 6) is 0.350. The zero-order valence-electron chi connectivity index (χ0n) is 13.3. The van der Waals surface area contributed by atoms with E-state index >= 15 is 0 Å². The van der Waals surface area contributed by atoms with E-state index in [0.717, 1.165) is 6.42 Å². The molecule has 0 aliphatic carbocycles. The fourth-order valence-electron chi connectivity index (χ4n) is 2.76. The third-order valence-electron chi connectivity index (χ3n) is 4.11. The molecule has 134 valence electrons. The zero-order chi connectivity index (χ0) is 17.7. The molecule has 5 nitrogen and oxygen atoms in total. The smallest absolute Gasteiger partial charge is 0.412 e. The highest BCUT2D eigenvalue weighted by atomic mass is 19.4. The summed E-state index contributed by atoms with van der Waals surface area (Å²) in [7, 11) is 1.42. The number of aliphatic hydroxyl groups is 1.